The van der Waals surface area contributed by atoms with E-state index in [0.29, 0.717) is 12.1 Å². The summed E-state index contributed by atoms with van der Waals surface area (Å²) in [7, 11) is 0. The fourth-order valence-corrected chi connectivity index (χ4v) is 3.30. The van der Waals surface area contributed by atoms with Crippen molar-refractivity contribution in [1.82, 2.24) is 0 Å². The second kappa shape index (κ2) is 8.20. The van der Waals surface area contributed by atoms with Gasteiger partial charge in [-0.05, 0) is 44.0 Å². The number of quaternary nitrogens is 1. The zero-order valence-electron chi connectivity index (χ0n) is 13.8. The van der Waals surface area contributed by atoms with Crippen LogP contribution in [0.4, 0.5) is 5.69 Å². The van der Waals surface area contributed by atoms with Crippen LogP contribution in [-0.4, -0.2) is 36.6 Å². The van der Waals surface area contributed by atoms with E-state index in [4.69, 9.17) is 5.26 Å². The Hall–Kier alpha value is -0.756. The maximum Gasteiger partial charge on any atom is 0.279 e. The number of rotatable bonds is 4. The van der Waals surface area contributed by atoms with Gasteiger partial charge in [0.05, 0.1) is 31.3 Å². The minimum atomic E-state index is 0. The number of hydrogen-bond acceptors (Lipinski definition) is 2. The maximum atomic E-state index is 12.4. The van der Waals surface area contributed by atoms with E-state index in [9.17, 15) is 4.79 Å². The largest absolute Gasteiger partial charge is 0.321 e. The van der Waals surface area contributed by atoms with Crippen molar-refractivity contribution in [3.8, 4) is 6.07 Å². The van der Waals surface area contributed by atoms with E-state index in [2.05, 4.69) is 18.3 Å². The number of carbonyl (C=O) groups excluding carboxylic acids is 1. The maximum absolute atomic E-state index is 12.4. The molecule has 1 saturated heterocycles. The normalized spacial score (nSPS) is 15.7. The average molecular weight is 375 g/mol. The fourth-order valence-electron chi connectivity index (χ4n) is 3.30. The molecule has 22 heavy (non-hydrogen) atoms. The third kappa shape index (κ3) is 4.38. The van der Waals surface area contributed by atoms with Gasteiger partial charge in [0, 0.05) is 51.2 Å². The van der Waals surface area contributed by atoms with Crippen molar-refractivity contribution in [1.29, 1.82) is 5.26 Å². The van der Waals surface area contributed by atoms with E-state index in [0.717, 1.165) is 40.9 Å². The Kier molecular flexibility index (Phi) is 7.19. The molecule has 115 valence electrons. The molecule has 0 saturated carbocycles. The van der Waals surface area contributed by atoms with Gasteiger partial charge in [-0.3, -0.25) is 4.79 Å². The summed E-state index contributed by atoms with van der Waals surface area (Å²) < 4.78 is 0.903. The molecule has 4 nitrogen and oxygen atoms in total. The van der Waals surface area contributed by atoms with Crippen LogP contribution in [0, 0.1) is 25.2 Å². The van der Waals surface area contributed by atoms with Crippen molar-refractivity contribution >= 4 is 11.6 Å². The molecule has 1 aromatic carbocycles. The van der Waals surface area contributed by atoms with Gasteiger partial charge in [0.15, 0.2) is 6.54 Å². The Bertz CT molecular complexity index is 563. The zero-order chi connectivity index (χ0) is 15.5. The van der Waals surface area contributed by atoms with Gasteiger partial charge in [-0.25, -0.2) is 0 Å². The van der Waals surface area contributed by atoms with Gasteiger partial charge in [-0.2, -0.15) is 5.26 Å². The monoisotopic (exact) mass is 375 g/mol. The first-order valence-corrected chi connectivity index (χ1v) is 7.66. The molecule has 0 aliphatic carbocycles. The molecule has 1 amide bonds. The summed E-state index contributed by atoms with van der Waals surface area (Å²) in [5.74, 6) is 0.0784. The molecule has 0 aromatic heterocycles. The number of nitriles is 1. The molecule has 1 fully saturated rings. The first-order valence-electron chi connectivity index (χ1n) is 7.66. The van der Waals surface area contributed by atoms with Crippen molar-refractivity contribution in [3.05, 3.63) is 28.8 Å². The molecule has 0 atom stereocenters. The number of anilines is 1. The van der Waals surface area contributed by atoms with Crippen LogP contribution in [0.3, 0.4) is 0 Å². The van der Waals surface area contributed by atoms with Crippen LogP contribution in [0.1, 0.15) is 36.5 Å². The molecular formula is C17H24N3OY+. The number of hydrogen-bond donors (Lipinski definition) is 1. The molecule has 1 aliphatic rings. The predicted molar refractivity (Wildman–Crippen MR) is 83.9 cm³/mol. The van der Waals surface area contributed by atoms with Gasteiger partial charge in [-0.15, -0.1) is 0 Å². The SMILES string of the molecule is CC[N+]1(CC(=O)Nc2c(C)cc(C#N)cc2C)CCCC1.[Y]. The van der Waals surface area contributed by atoms with Crippen LogP contribution in [0.2, 0.25) is 0 Å². The summed E-state index contributed by atoms with van der Waals surface area (Å²) >= 11 is 0. The van der Waals surface area contributed by atoms with Crippen LogP contribution >= 0.6 is 0 Å². The summed E-state index contributed by atoms with van der Waals surface area (Å²) in [6, 6.07) is 5.79. The van der Waals surface area contributed by atoms with Crippen LogP contribution < -0.4 is 5.32 Å². The zero-order valence-corrected chi connectivity index (χ0v) is 16.6. The van der Waals surface area contributed by atoms with Crippen molar-refractivity contribution in [2.24, 2.45) is 0 Å². The van der Waals surface area contributed by atoms with Crippen molar-refractivity contribution in [2.75, 3.05) is 31.5 Å². The third-order valence-corrected chi connectivity index (χ3v) is 4.59. The quantitative estimate of drug-likeness (QED) is 0.823. The second-order valence-electron chi connectivity index (χ2n) is 6.12. The van der Waals surface area contributed by atoms with E-state index in [1.165, 1.54) is 12.8 Å². The Morgan fingerprint density at radius 1 is 1.27 bits per heavy atom. The Balaban J connectivity index is 0.00000242. The number of benzene rings is 1. The Morgan fingerprint density at radius 2 is 1.82 bits per heavy atom. The van der Waals surface area contributed by atoms with Gasteiger partial charge in [0.25, 0.3) is 5.91 Å². The molecule has 5 heteroatoms. The number of carbonyl (C=O) groups is 1. The number of amides is 1. The number of nitrogens with one attached hydrogen (secondary N) is 1. The smallest absolute Gasteiger partial charge is 0.279 e. The van der Waals surface area contributed by atoms with Crippen LogP contribution in [0.15, 0.2) is 12.1 Å². The summed E-state index contributed by atoms with van der Waals surface area (Å²) in [5, 5.41) is 12.0. The molecule has 1 N–H and O–H groups in total. The second-order valence-corrected chi connectivity index (χ2v) is 6.12. The molecule has 1 radical (unpaired) electrons. The summed E-state index contributed by atoms with van der Waals surface area (Å²) in [6.07, 6.45) is 2.44. The molecule has 1 heterocycles. The molecule has 1 aromatic rings. The summed E-state index contributed by atoms with van der Waals surface area (Å²) in [5.41, 5.74) is 3.39. The molecule has 2 rings (SSSR count). The van der Waals surface area contributed by atoms with Crippen molar-refractivity contribution < 1.29 is 42.0 Å². The van der Waals surface area contributed by atoms with E-state index in [-0.39, 0.29) is 38.6 Å². The Morgan fingerprint density at radius 3 is 2.27 bits per heavy atom. The molecule has 1 aliphatic heterocycles. The minimum absolute atomic E-state index is 0. The van der Waals surface area contributed by atoms with E-state index >= 15 is 0 Å². The van der Waals surface area contributed by atoms with Crippen LogP contribution in [-0.2, 0) is 37.5 Å². The number of aryl methyl sites for hydroxylation is 2. The number of likely N-dealkylation sites (tertiary alicyclic amines) is 1. The van der Waals surface area contributed by atoms with E-state index < -0.39 is 0 Å². The van der Waals surface area contributed by atoms with Gasteiger partial charge < -0.3 is 9.80 Å². The topological polar surface area (TPSA) is 52.9 Å². The molecule has 0 unspecified atom stereocenters. The van der Waals surface area contributed by atoms with Crippen LogP contribution in [0.5, 0.6) is 0 Å². The average Bonchev–Trinajstić information content (AvgIpc) is 2.91. The van der Waals surface area contributed by atoms with Crippen molar-refractivity contribution in [2.45, 2.75) is 33.6 Å². The van der Waals surface area contributed by atoms with Crippen molar-refractivity contribution in [3.63, 3.8) is 0 Å². The Labute approximate surface area is 158 Å². The third-order valence-electron chi connectivity index (χ3n) is 4.59. The standard InChI is InChI=1S/C17H23N3O.Y/c1-4-20(7-5-6-8-20)12-16(21)19-17-13(2)9-15(11-18)10-14(17)3;/h9-10H,4-8,12H2,1-3H3;/p+1. The predicted octanol–water partition coefficient (Wildman–Crippen LogP) is 2.74. The molecule has 0 spiro atoms. The molecular weight excluding hydrogens is 351 g/mol. The van der Waals surface area contributed by atoms with Gasteiger partial charge >= 0.3 is 0 Å². The van der Waals surface area contributed by atoms with E-state index in [1.54, 1.807) is 0 Å². The summed E-state index contributed by atoms with van der Waals surface area (Å²) in [4.78, 5) is 12.4. The number of nitrogens with zero attached hydrogens (tertiary/aromatic N) is 2. The first kappa shape index (κ1) is 19.3. The minimum Gasteiger partial charge on any atom is -0.321 e. The number of likely N-dealkylation sites (N-methyl/N-ethyl adjacent to an activating group) is 1. The van der Waals surface area contributed by atoms with Gasteiger partial charge in [-0.1, -0.05) is 0 Å². The fraction of sp³-hybridized carbons (Fsp3) is 0.529. The summed E-state index contributed by atoms with van der Waals surface area (Å²) in [6.45, 7) is 9.81. The molecule has 0 bridgehead atoms. The van der Waals surface area contributed by atoms with Crippen LogP contribution in [0.25, 0.3) is 0 Å². The first-order chi connectivity index (χ1) is 9.99. The van der Waals surface area contributed by atoms with E-state index in [1.807, 2.05) is 26.0 Å². The van der Waals surface area contributed by atoms with Gasteiger partial charge in [0.2, 0.25) is 0 Å². The van der Waals surface area contributed by atoms with Gasteiger partial charge in [0.1, 0.15) is 0 Å².